The van der Waals surface area contributed by atoms with Crippen molar-refractivity contribution in [2.75, 3.05) is 52.6 Å². The van der Waals surface area contributed by atoms with E-state index in [0.29, 0.717) is 5.44 Å². The first-order chi connectivity index (χ1) is 6.72. The predicted octanol–water partition coefficient (Wildman–Crippen LogP) is 0.959. The largest absolute Gasteiger partial charge is 0.367 e. The van der Waals surface area contributed by atoms with Gasteiger partial charge in [-0.2, -0.15) is 0 Å². The summed E-state index contributed by atoms with van der Waals surface area (Å²) in [5.74, 6) is 0. The van der Waals surface area contributed by atoms with Crippen molar-refractivity contribution in [1.29, 1.82) is 0 Å². The quantitative estimate of drug-likeness (QED) is 0.638. The van der Waals surface area contributed by atoms with Crippen LogP contribution in [-0.2, 0) is 4.74 Å². The van der Waals surface area contributed by atoms with Crippen LogP contribution in [0.4, 0.5) is 0 Å². The average molecular weight is 218 g/mol. The molecule has 0 spiro atoms. The number of likely N-dealkylation sites (N-methyl/N-ethyl adjacent to an activating group) is 1. The lowest BCUT2D eigenvalue weighted by Gasteiger charge is -2.32. The summed E-state index contributed by atoms with van der Waals surface area (Å²) in [6.45, 7) is 8.82. The number of hydrogen-bond acceptors (Lipinski definition) is 4. The fourth-order valence-corrected chi connectivity index (χ4v) is 1.72. The molecule has 1 heterocycles. The minimum atomic E-state index is 0.336. The third-order valence-corrected chi connectivity index (χ3v) is 3.49. The van der Waals surface area contributed by atoms with E-state index < -0.39 is 0 Å². The summed E-state index contributed by atoms with van der Waals surface area (Å²) in [4.78, 5) is 4.86. The molecule has 1 aliphatic rings. The Hall–Kier alpha value is 0.230. The number of hydrogen-bond donors (Lipinski definition) is 0. The van der Waals surface area contributed by atoms with Crippen molar-refractivity contribution in [2.45, 2.75) is 12.4 Å². The fraction of sp³-hybridized carbons (Fsp3) is 1.00. The molecule has 1 atom stereocenters. The van der Waals surface area contributed by atoms with Crippen molar-refractivity contribution < 1.29 is 4.74 Å². The van der Waals surface area contributed by atoms with Crippen molar-refractivity contribution in [1.82, 2.24) is 9.80 Å². The first-order valence-corrected chi connectivity index (χ1v) is 6.56. The van der Waals surface area contributed by atoms with E-state index in [1.165, 1.54) is 26.2 Å². The summed E-state index contributed by atoms with van der Waals surface area (Å²) in [6.07, 6.45) is 2.08. The second-order valence-corrected chi connectivity index (χ2v) is 4.95. The van der Waals surface area contributed by atoms with Crippen LogP contribution in [-0.4, -0.2) is 67.9 Å². The lowest BCUT2D eigenvalue weighted by atomic mass is 10.3. The van der Waals surface area contributed by atoms with Crippen molar-refractivity contribution in [3.63, 3.8) is 0 Å². The topological polar surface area (TPSA) is 15.7 Å². The maximum Gasteiger partial charge on any atom is 0.0997 e. The van der Waals surface area contributed by atoms with Gasteiger partial charge in [0.2, 0.25) is 0 Å². The molecule has 0 radical (unpaired) electrons. The van der Waals surface area contributed by atoms with Gasteiger partial charge in [-0.3, -0.25) is 4.90 Å². The van der Waals surface area contributed by atoms with Gasteiger partial charge >= 0.3 is 0 Å². The smallest absolute Gasteiger partial charge is 0.0997 e. The van der Waals surface area contributed by atoms with Gasteiger partial charge in [0.15, 0.2) is 0 Å². The van der Waals surface area contributed by atoms with Crippen LogP contribution in [0.3, 0.4) is 0 Å². The van der Waals surface area contributed by atoms with Gasteiger partial charge in [0.25, 0.3) is 0 Å². The van der Waals surface area contributed by atoms with Gasteiger partial charge < -0.3 is 9.64 Å². The Labute approximate surface area is 91.8 Å². The molecule has 0 aliphatic carbocycles. The molecule has 1 fully saturated rings. The molecule has 4 heteroatoms. The van der Waals surface area contributed by atoms with Gasteiger partial charge in [0.05, 0.1) is 12.0 Å². The summed E-state index contributed by atoms with van der Waals surface area (Å²) < 4.78 is 5.63. The first kappa shape index (κ1) is 12.3. The van der Waals surface area contributed by atoms with Crippen LogP contribution >= 0.6 is 11.8 Å². The third kappa shape index (κ3) is 4.64. The van der Waals surface area contributed by atoms with E-state index in [4.69, 9.17) is 4.74 Å². The highest BCUT2D eigenvalue weighted by molar-refractivity contribution is 7.99. The van der Waals surface area contributed by atoms with E-state index in [9.17, 15) is 0 Å². The molecular weight excluding hydrogens is 196 g/mol. The summed E-state index contributed by atoms with van der Waals surface area (Å²) in [5.41, 5.74) is 0.336. The molecule has 0 amide bonds. The van der Waals surface area contributed by atoms with E-state index >= 15 is 0 Å². The molecule has 1 unspecified atom stereocenters. The predicted molar refractivity (Wildman–Crippen MR) is 62.9 cm³/mol. The Bertz CT molecular complexity index is 149. The zero-order valence-electron chi connectivity index (χ0n) is 9.53. The number of thioether (sulfide) groups is 1. The summed E-state index contributed by atoms with van der Waals surface area (Å²) in [6, 6.07) is 0. The second-order valence-electron chi connectivity index (χ2n) is 3.82. The minimum Gasteiger partial charge on any atom is -0.367 e. The Morgan fingerprint density at radius 3 is 2.50 bits per heavy atom. The molecule has 1 aliphatic heterocycles. The molecule has 3 nitrogen and oxygen atoms in total. The zero-order valence-corrected chi connectivity index (χ0v) is 10.3. The Morgan fingerprint density at radius 2 is 1.93 bits per heavy atom. The van der Waals surface area contributed by atoms with Crippen LogP contribution in [0.15, 0.2) is 0 Å². The van der Waals surface area contributed by atoms with Crippen LogP contribution < -0.4 is 0 Å². The highest BCUT2D eigenvalue weighted by Crippen LogP contribution is 2.06. The van der Waals surface area contributed by atoms with Crippen molar-refractivity contribution in [3.8, 4) is 0 Å². The lowest BCUT2D eigenvalue weighted by Crippen LogP contribution is -2.45. The van der Waals surface area contributed by atoms with Gasteiger partial charge in [-0.25, -0.2) is 0 Å². The van der Waals surface area contributed by atoms with E-state index in [1.807, 2.05) is 0 Å². The van der Waals surface area contributed by atoms with E-state index in [-0.39, 0.29) is 0 Å². The molecular formula is C10H22N2OS. The van der Waals surface area contributed by atoms with Gasteiger partial charge in [-0.05, 0) is 20.2 Å². The van der Waals surface area contributed by atoms with Crippen molar-refractivity contribution in [2.24, 2.45) is 0 Å². The zero-order chi connectivity index (χ0) is 10.4. The molecule has 84 valence electrons. The van der Waals surface area contributed by atoms with Crippen LogP contribution in [0.1, 0.15) is 6.92 Å². The Kier molecular flexibility index (Phi) is 5.86. The molecule has 0 aromatic heterocycles. The first-order valence-electron chi connectivity index (χ1n) is 5.27. The van der Waals surface area contributed by atoms with Gasteiger partial charge in [0.1, 0.15) is 0 Å². The van der Waals surface area contributed by atoms with E-state index in [2.05, 4.69) is 30.0 Å². The normalized spacial score (nSPS) is 22.5. The van der Waals surface area contributed by atoms with Crippen molar-refractivity contribution in [3.05, 3.63) is 0 Å². The monoisotopic (exact) mass is 218 g/mol. The van der Waals surface area contributed by atoms with Crippen LogP contribution in [0.2, 0.25) is 0 Å². The standard InChI is InChI=1S/C10H22N2OS/c1-10(14-3)13-9-8-12-6-4-11(2)5-7-12/h10H,4-9H2,1-3H3. The minimum absolute atomic E-state index is 0.336. The van der Waals surface area contributed by atoms with Gasteiger partial charge in [-0.1, -0.05) is 0 Å². The molecule has 1 saturated heterocycles. The fourth-order valence-electron chi connectivity index (χ4n) is 1.49. The number of piperazine rings is 1. The molecule has 0 aromatic rings. The third-order valence-electron chi connectivity index (χ3n) is 2.69. The highest BCUT2D eigenvalue weighted by Gasteiger charge is 2.13. The van der Waals surface area contributed by atoms with Gasteiger partial charge in [0, 0.05) is 32.7 Å². The number of rotatable bonds is 5. The Morgan fingerprint density at radius 1 is 1.29 bits per heavy atom. The summed E-state index contributed by atoms with van der Waals surface area (Å²) in [7, 11) is 2.18. The maximum atomic E-state index is 5.63. The second kappa shape index (κ2) is 6.67. The molecule has 14 heavy (non-hydrogen) atoms. The van der Waals surface area contributed by atoms with Crippen LogP contribution in [0.5, 0.6) is 0 Å². The molecule has 0 aromatic carbocycles. The Balaban J connectivity index is 2.02. The molecule has 0 saturated carbocycles. The van der Waals surface area contributed by atoms with Crippen LogP contribution in [0.25, 0.3) is 0 Å². The maximum absolute atomic E-state index is 5.63. The van der Waals surface area contributed by atoms with E-state index in [0.717, 1.165) is 13.2 Å². The SMILES string of the molecule is CSC(C)OCCN1CCN(C)CC1. The molecule has 0 N–H and O–H groups in total. The van der Waals surface area contributed by atoms with Crippen LogP contribution in [0, 0.1) is 0 Å². The molecule has 0 bridgehead atoms. The number of ether oxygens (including phenoxy) is 1. The van der Waals surface area contributed by atoms with E-state index in [1.54, 1.807) is 11.8 Å². The highest BCUT2D eigenvalue weighted by atomic mass is 32.2. The number of nitrogens with zero attached hydrogens (tertiary/aromatic N) is 2. The summed E-state index contributed by atoms with van der Waals surface area (Å²) in [5, 5.41) is 0. The lowest BCUT2D eigenvalue weighted by molar-refractivity contribution is 0.0761. The average Bonchev–Trinajstić information content (AvgIpc) is 2.21. The molecule has 1 rings (SSSR count). The van der Waals surface area contributed by atoms with Crippen molar-refractivity contribution >= 4 is 11.8 Å². The summed E-state index contributed by atoms with van der Waals surface area (Å²) >= 11 is 1.76. The van der Waals surface area contributed by atoms with Gasteiger partial charge in [-0.15, -0.1) is 11.8 Å².